The van der Waals surface area contributed by atoms with Crippen molar-refractivity contribution in [3.05, 3.63) is 23.9 Å². The van der Waals surface area contributed by atoms with Gasteiger partial charge in [-0.1, -0.05) is 12.5 Å². The van der Waals surface area contributed by atoms with Crippen LogP contribution < -0.4 is 10.2 Å². The van der Waals surface area contributed by atoms with E-state index >= 15 is 0 Å². The summed E-state index contributed by atoms with van der Waals surface area (Å²) in [6.45, 7) is 3.35. The van der Waals surface area contributed by atoms with Gasteiger partial charge in [-0.2, -0.15) is 0 Å². The van der Waals surface area contributed by atoms with Gasteiger partial charge in [0, 0.05) is 25.8 Å². The van der Waals surface area contributed by atoms with Crippen LogP contribution in [0.3, 0.4) is 0 Å². The minimum Gasteiger partial charge on any atom is -0.356 e. The van der Waals surface area contributed by atoms with Crippen LogP contribution in [0.25, 0.3) is 0 Å². The predicted molar refractivity (Wildman–Crippen MR) is 70.0 cm³/mol. The van der Waals surface area contributed by atoms with Gasteiger partial charge in [0.25, 0.3) is 0 Å². The Morgan fingerprint density at radius 2 is 2.06 bits per heavy atom. The van der Waals surface area contributed by atoms with Gasteiger partial charge in [-0.25, -0.2) is 4.98 Å². The molecule has 0 bridgehead atoms. The number of fused-ring (bicyclic) bond motifs is 1. The van der Waals surface area contributed by atoms with E-state index in [2.05, 4.69) is 27.3 Å². The van der Waals surface area contributed by atoms with Gasteiger partial charge < -0.3 is 10.2 Å². The molecule has 2 fully saturated rings. The van der Waals surface area contributed by atoms with Gasteiger partial charge in [0.2, 0.25) is 0 Å². The molecule has 17 heavy (non-hydrogen) atoms. The normalized spacial score (nSPS) is 27.5. The summed E-state index contributed by atoms with van der Waals surface area (Å²) >= 11 is 0. The Morgan fingerprint density at radius 3 is 2.65 bits per heavy atom. The van der Waals surface area contributed by atoms with E-state index in [1.165, 1.54) is 43.7 Å². The first-order valence-electron chi connectivity index (χ1n) is 6.71. The number of nitrogens with zero attached hydrogens (tertiary/aromatic N) is 2. The highest BCUT2D eigenvalue weighted by molar-refractivity contribution is 5.41. The fraction of sp³-hybridized carbons (Fsp3) is 0.643. The molecule has 3 nitrogen and oxygen atoms in total. The maximum Gasteiger partial charge on any atom is 0.128 e. The smallest absolute Gasteiger partial charge is 0.128 e. The molecule has 2 heterocycles. The van der Waals surface area contributed by atoms with Gasteiger partial charge in [0.15, 0.2) is 0 Å². The van der Waals surface area contributed by atoms with Crippen molar-refractivity contribution in [2.24, 2.45) is 11.8 Å². The summed E-state index contributed by atoms with van der Waals surface area (Å²) in [5, 5.41) is 3.15. The number of nitrogens with one attached hydrogen (secondary N) is 1. The molecule has 0 spiro atoms. The van der Waals surface area contributed by atoms with Crippen molar-refractivity contribution in [2.75, 3.05) is 25.0 Å². The van der Waals surface area contributed by atoms with Crippen molar-refractivity contribution in [3.8, 4) is 0 Å². The molecule has 3 rings (SSSR count). The van der Waals surface area contributed by atoms with Crippen LogP contribution in [-0.4, -0.2) is 25.1 Å². The molecule has 1 aromatic heterocycles. The monoisotopic (exact) mass is 231 g/mol. The van der Waals surface area contributed by atoms with Crippen LogP contribution in [0.2, 0.25) is 0 Å². The third-order valence-corrected chi connectivity index (χ3v) is 4.24. The quantitative estimate of drug-likeness (QED) is 0.863. The summed E-state index contributed by atoms with van der Waals surface area (Å²) in [5.41, 5.74) is 1.26. The van der Waals surface area contributed by atoms with E-state index in [1.54, 1.807) is 0 Å². The van der Waals surface area contributed by atoms with Gasteiger partial charge in [-0.05, 0) is 43.4 Å². The molecular formula is C14H21N3. The minimum absolute atomic E-state index is 0.901. The number of pyridine rings is 1. The first-order valence-corrected chi connectivity index (χ1v) is 6.71. The molecule has 1 saturated heterocycles. The Hall–Kier alpha value is -1.09. The maximum atomic E-state index is 4.59. The Kier molecular flexibility index (Phi) is 3.02. The Balaban J connectivity index is 1.68. The van der Waals surface area contributed by atoms with E-state index in [0.717, 1.165) is 18.4 Å². The zero-order valence-corrected chi connectivity index (χ0v) is 10.5. The first-order chi connectivity index (χ1) is 8.36. The van der Waals surface area contributed by atoms with E-state index in [0.29, 0.717) is 0 Å². The second kappa shape index (κ2) is 4.65. The molecule has 92 valence electrons. The molecule has 0 radical (unpaired) electrons. The van der Waals surface area contributed by atoms with Crippen LogP contribution in [0.4, 0.5) is 5.82 Å². The summed E-state index contributed by atoms with van der Waals surface area (Å²) in [7, 11) is 1.97. The maximum absolute atomic E-state index is 4.59. The molecule has 2 atom stereocenters. The fourth-order valence-corrected chi connectivity index (χ4v) is 3.33. The van der Waals surface area contributed by atoms with Crippen LogP contribution in [0, 0.1) is 11.8 Å². The molecule has 3 heteroatoms. The minimum atomic E-state index is 0.901. The number of hydrogen-bond donors (Lipinski definition) is 1. The third kappa shape index (κ3) is 2.16. The molecule has 1 saturated carbocycles. The molecule has 2 aliphatic rings. The SMILES string of the molecule is CNCc1ccc(N2CC3CCCC3C2)nc1. The summed E-state index contributed by atoms with van der Waals surface area (Å²) in [6.07, 6.45) is 6.30. The summed E-state index contributed by atoms with van der Waals surface area (Å²) in [6, 6.07) is 4.36. The largest absolute Gasteiger partial charge is 0.356 e. The van der Waals surface area contributed by atoms with Crippen LogP contribution in [0.15, 0.2) is 18.3 Å². The van der Waals surface area contributed by atoms with Gasteiger partial charge in [-0.15, -0.1) is 0 Å². The summed E-state index contributed by atoms with van der Waals surface area (Å²) in [5.74, 6) is 3.04. The Bertz CT molecular complexity index is 362. The summed E-state index contributed by atoms with van der Waals surface area (Å²) < 4.78 is 0. The molecule has 1 N–H and O–H groups in total. The number of aromatic nitrogens is 1. The van der Waals surface area contributed by atoms with E-state index in [9.17, 15) is 0 Å². The molecular weight excluding hydrogens is 210 g/mol. The first kappa shape index (κ1) is 11.0. The third-order valence-electron chi connectivity index (χ3n) is 4.24. The van der Waals surface area contributed by atoms with Gasteiger partial charge >= 0.3 is 0 Å². The lowest BCUT2D eigenvalue weighted by molar-refractivity contribution is 0.494. The highest BCUT2D eigenvalue weighted by Gasteiger charge is 2.36. The van der Waals surface area contributed by atoms with Crippen LogP contribution in [-0.2, 0) is 6.54 Å². The summed E-state index contributed by atoms with van der Waals surface area (Å²) in [4.78, 5) is 7.06. The van der Waals surface area contributed by atoms with E-state index in [4.69, 9.17) is 0 Å². The molecule has 0 amide bonds. The lowest BCUT2D eigenvalue weighted by atomic mass is 10.0. The predicted octanol–water partition coefficient (Wildman–Crippen LogP) is 2.04. The lowest BCUT2D eigenvalue weighted by Gasteiger charge is -2.18. The Morgan fingerprint density at radius 1 is 1.29 bits per heavy atom. The molecule has 1 aliphatic carbocycles. The molecule has 1 aromatic rings. The second-order valence-electron chi connectivity index (χ2n) is 5.41. The average Bonchev–Trinajstić information content (AvgIpc) is 2.90. The molecule has 1 aliphatic heterocycles. The van der Waals surface area contributed by atoms with Gasteiger partial charge in [0.1, 0.15) is 5.82 Å². The highest BCUT2D eigenvalue weighted by Crippen LogP contribution is 2.38. The second-order valence-corrected chi connectivity index (χ2v) is 5.41. The molecule has 0 aromatic carbocycles. The number of anilines is 1. The van der Waals surface area contributed by atoms with Crippen molar-refractivity contribution in [3.63, 3.8) is 0 Å². The van der Waals surface area contributed by atoms with E-state index in [1.807, 2.05) is 13.2 Å². The molecule has 2 unspecified atom stereocenters. The van der Waals surface area contributed by atoms with Crippen molar-refractivity contribution in [1.82, 2.24) is 10.3 Å². The number of rotatable bonds is 3. The van der Waals surface area contributed by atoms with Crippen LogP contribution in [0.5, 0.6) is 0 Å². The van der Waals surface area contributed by atoms with Gasteiger partial charge in [-0.3, -0.25) is 0 Å². The van der Waals surface area contributed by atoms with Crippen molar-refractivity contribution in [1.29, 1.82) is 0 Å². The standard InChI is InChI=1S/C14H21N3/c1-15-7-11-5-6-14(16-8-11)17-9-12-3-2-4-13(12)10-17/h5-6,8,12-13,15H,2-4,7,9-10H2,1H3. The lowest BCUT2D eigenvalue weighted by Crippen LogP contribution is -2.21. The Labute approximate surface area is 103 Å². The van der Waals surface area contributed by atoms with Crippen LogP contribution in [0.1, 0.15) is 24.8 Å². The van der Waals surface area contributed by atoms with Crippen LogP contribution >= 0.6 is 0 Å². The van der Waals surface area contributed by atoms with Crippen molar-refractivity contribution < 1.29 is 0 Å². The van der Waals surface area contributed by atoms with Crippen molar-refractivity contribution >= 4 is 5.82 Å². The zero-order valence-electron chi connectivity index (χ0n) is 10.5. The average molecular weight is 231 g/mol. The van der Waals surface area contributed by atoms with Crippen molar-refractivity contribution in [2.45, 2.75) is 25.8 Å². The number of hydrogen-bond acceptors (Lipinski definition) is 3. The van der Waals surface area contributed by atoms with Gasteiger partial charge in [0.05, 0.1) is 0 Å². The van der Waals surface area contributed by atoms with E-state index in [-0.39, 0.29) is 0 Å². The highest BCUT2D eigenvalue weighted by atomic mass is 15.2. The topological polar surface area (TPSA) is 28.2 Å². The van der Waals surface area contributed by atoms with E-state index < -0.39 is 0 Å². The fourth-order valence-electron chi connectivity index (χ4n) is 3.33. The zero-order chi connectivity index (χ0) is 11.7.